The van der Waals surface area contributed by atoms with Crippen molar-refractivity contribution in [2.75, 3.05) is 25.2 Å². The van der Waals surface area contributed by atoms with Crippen LogP contribution in [0.25, 0.3) is 11.1 Å². The van der Waals surface area contributed by atoms with Crippen molar-refractivity contribution < 1.29 is 19.1 Å². The van der Waals surface area contributed by atoms with Crippen LogP contribution in [-0.4, -0.2) is 48.2 Å². The molecule has 0 fully saturated rings. The fourth-order valence-electron chi connectivity index (χ4n) is 3.53. The molecule has 0 aliphatic heterocycles. The number of carbonyl (C=O) groups excluding carboxylic acids is 2. The lowest BCUT2D eigenvalue weighted by Crippen LogP contribution is -2.43. The second kappa shape index (κ2) is 8.73. The van der Waals surface area contributed by atoms with Crippen LogP contribution >= 0.6 is 22.6 Å². The summed E-state index contributed by atoms with van der Waals surface area (Å²) in [6, 6.07) is 15.7. The van der Waals surface area contributed by atoms with Crippen molar-refractivity contribution >= 4 is 34.7 Å². The Bertz CT molecular complexity index is 793. The number of nitrogens with zero attached hydrogens (tertiary/aromatic N) is 1. The molecule has 0 bridgehead atoms. The number of likely N-dealkylation sites (N-methyl/N-ethyl adjacent to an activating group) is 1. The first-order valence-electron chi connectivity index (χ1n) is 8.80. The molecule has 1 aliphatic rings. The number of hydrogen-bond donors (Lipinski definition) is 0. The summed E-state index contributed by atoms with van der Waals surface area (Å²) >= 11 is 2.18. The fourth-order valence-corrected chi connectivity index (χ4v) is 4.12. The van der Waals surface area contributed by atoms with Crippen LogP contribution in [0.15, 0.2) is 48.5 Å². The zero-order valence-electron chi connectivity index (χ0n) is 15.4. The number of amides is 1. The Balaban J connectivity index is 1.74. The van der Waals surface area contributed by atoms with Crippen molar-refractivity contribution in [1.82, 2.24) is 4.90 Å². The highest BCUT2D eigenvalue weighted by Crippen LogP contribution is 2.44. The van der Waals surface area contributed by atoms with Crippen molar-refractivity contribution in [1.29, 1.82) is 0 Å². The van der Waals surface area contributed by atoms with Crippen LogP contribution in [-0.2, 0) is 14.3 Å². The molecule has 5 nitrogen and oxygen atoms in total. The molecule has 6 heteroatoms. The van der Waals surface area contributed by atoms with Gasteiger partial charge in [0.1, 0.15) is 12.6 Å². The van der Waals surface area contributed by atoms with E-state index in [9.17, 15) is 9.59 Å². The van der Waals surface area contributed by atoms with Gasteiger partial charge < -0.3 is 9.47 Å². The first kappa shape index (κ1) is 19.7. The molecule has 0 N–H and O–H groups in total. The van der Waals surface area contributed by atoms with Gasteiger partial charge in [-0.05, 0) is 28.7 Å². The smallest absolute Gasteiger partial charge is 0.410 e. The van der Waals surface area contributed by atoms with E-state index in [2.05, 4.69) is 46.9 Å². The molecule has 3 rings (SSSR count). The Labute approximate surface area is 172 Å². The highest BCUT2D eigenvalue weighted by molar-refractivity contribution is 14.1. The maximum atomic E-state index is 12.6. The van der Waals surface area contributed by atoms with E-state index < -0.39 is 18.1 Å². The van der Waals surface area contributed by atoms with Gasteiger partial charge in [0.15, 0.2) is 0 Å². The zero-order chi connectivity index (χ0) is 19.4. The largest absolute Gasteiger partial charge is 0.467 e. The van der Waals surface area contributed by atoms with E-state index in [1.807, 2.05) is 24.3 Å². The number of esters is 1. The molecule has 0 aromatic heterocycles. The Kier molecular flexibility index (Phi) is 6.36. The van der Waals surface area contributed by atoms with Crippen LogP contribution in [0.5, 0.6) is 0 Å². The maximum absolute atomic E-state index is 12.6. The summed E-state index contributed by atoms with van der Waals surface area (Å²) in [6.45, 7) is 0.231. The van der Waals surface area contributed by atoms with Crippen molar-refractivity contribution in [3.8, 4) is 11.1 Å². The normalized spacial score (nSPS) is 13.4. The van der Waals surface area contributed by atoms with E-state index in [4.69, 9.17) is 9.47 Å². The Morgan fingerprint density at radius 2 is 1.63 bits per heavy atom. The van der Waals surface area contributed by atoms with Crippen LogP contribution in [0.3, 0.4) is 0 Å². The molecule has 0 heterocycles. The molecule has 142 valence electrons. The number of alkyl halides is 1. The molecule has 1 atom stereocenters. The molecule has 2 aromatic carbocycles. The van der Waals surface area contributed by atoms with Crippen LogP contribution in [0.4, 0.5) is 4.79 Å². The third-order valence-electron chi connectivity index (χ3n) is 4.95. The fraction of sp³-hybridized carbons (Fsp3) is 0.333. The molecule has 27 heavy (non-hydrogen) atoms. The zero-order valence-corrected chi connectivity index (χ0v) is 17.5. The van der Waals surface area contributed by atoms with Crippen molar-refractivity contribution in [2.45, 2.75) is 18.4 Å². The molecular formula is C21H22INO4. The second-order valence-electron chi connectivity index (χ2n) is 6.43. The molecule has 0 unspecified atom stereocenters. The van der Waals surface area contributed by atoms with Crippen molar-refractivity contribution in [2.24, 2.45) is 0 Å². The molecule has 2 aromatic rings. The average molecular weight is 479 g/mol. The molecule has 0 saturated heterocycles. The predicted molar refractivity (Wildman–Crippen MR) is 112 cm³/mol. The van der Waals surface area contributed by atoms with Gasteiger partial charge in [-0.3, -0.25) is 4.90 Å². The Morgan fingerprint density at radius 1 is 1.07 bits per heavy atom. The summed E-state index contributed by atoms with van der Waals surface area (Å²) in [6.07, 6.45) is 0.00519. The average Bonchev–Trinajstić information content (AvgIpc) is 3.03. The molecule has 1 aliphatic carbocycles. The van der Waals surface area contributed by atoms with Crippen LogP contribution in [0.1, 0.15) is 23.5 Å². The van der Waals surface area contributed by atoms with E-state index >= 15 is 0 Å². The Hall–Kier alpha value is -2.09. The minimum atomic E-state index is -0.637. The lowest BCUT2D eigenvalue weighted by molar-refractivity contribution is -0.146. The number of hydrogen-bond acceptors (Lipinski definition) is 4. The minimum Gasteiger partial charge on any atom is -0.467 e. The van der Waals surface area contributed by atoms with Crippen LogP contribution in [0, 0.1) is 0 Å². The molecule has 0 radical (unpaired) electrons. The number of methoxy groups -OCH3 is 1. The van der Waals surface area contributed by atoms with Gasteiger partial charge in [-0.2, -0.15) is 0 Å². The Morgan fingerprint density at radius 3 is 2.15 bits per heavy atom. The number of benzene rings is 2. The van der Waals surface area contributed by atoms with Gasteiger partial charge in [0.05, 0.1) is 7.11 Å². The van der Waals surface area contributed by atoms with Crippen LogP contribution < -0.4 is 0 Å². The van der Waals surface area contributed by atoms with Gasteiger partial charge in [-0.15, -0.1) is 0 Å². The monoisotopic (exact) mass is 479 g/mol. The van der Waals surface area contributed by atoms with Gasteiger partial charge in [0, 0.05) is 17.4 Å². The van der Waals surface area contributed by atoms with Gasteiger partial charge in [0.25, 0.3) is 0 Å². The maximum Gasteiger partial charge on any atom is 0.410 e. The molecule has 0 spiro atoms. The number of fused-ring (bicyclic) bond motifs is 3. The first-order valence-corrected chi connectivity index (χ1v) is 10.3. The first-order chi connectivity index (χ1) is 13.1. The van der Waals surface area contributed by atoms with Crippen molar-refractivity contribution in [3.05, 3.63) is 59.7 Å². The third kappa shape index (κ3) is 3.95. The summed E-state index contributed by atoms with van der Waals surface area (Å²) in [5, 5.41) is 0. The molecular weight excluding hydrogens is 457 g/mol. The van der Waals surface area contributed by atoms with Gasteiger partial charge in [-0.1, -0.05) is 71.1 Å². The second-order valence-corrected chi connectivity index (χ2v) is 7.51. The van der Waals surface area contributed by atoms with E-state index in [0.29, 0.717) is 6.42 Å². The van der Waals surface area contributed by atoms with Crippen LogP contribution in [0.2, 0.25) is 0 Å². The van der Waals surface area contributed by atoms with Gasteiger partial charge in [-0.25, -0.2) is 9.59 Å². The SMILES string of the molecule is COC(=O)[C@H](CCI)N(C)C(=O)OCC1c2ccccc2-c2ccccc21. The summed E-state index contributed by atoms with van der Waals surface area (Å²) in [4.78, 5) is 25.8. The van der Waals surface area contributed by atoms with Gasteiger partial charge in [0.2, 0.25) is 0 Å². The number of ether oxygens (including phenoxy) is 2. The van der Waals surface area contributed by atoms with E-state index in [1.54, 1.807) is 7.05 Å². The third-order valence-corrected chi connectivity index (χ3v) is 5.57. The standard InChI is InChI=1S/C21H22INO4/c1-23(19(11-12-22)20(24)26-2)21(25)27-13-18-16-9-5-3-7-14(16)15-8-4-6-10-17(15)18/h3-10,18-19H,11-13H2,1-2H3/t19-/m0/s1. The number of carbonyl (C=O) groups is 2. The summed E-state index contributed by atoms with van der Waals surface area (Å²) < 4.78 is 11.2. The van der Waals surface area contributed by atoms with Gasteiger partial charge >= 0.3 is 12.1 Å². The van der Waals surface area contributed by atoms with Crippen molar-refractivity contribution in [3.63, 3.8) is 0 Å². The summed E-state index contributed by atoms with van der Waals surface area (Å²) in [5.41, 5.74) is 4.68. The predicted octanol–water partition coefficient (Wildman–Crippen LogP) is 4.23. The van der Waals surface area contributed by atoms with E-state index in [1.165, 1.54) is 23.1 Å². The highest BCUT2D eigenvalue weighted by atomic mass is 127. The van der Waals surface area contributed by atoms with E-state index in [0.717, 1.165) is 15.6 Å². The minimum absolute atomic E-state index is 0.00379. The van der Waals surface area contributed by atoms with E-state index in [-0.39, 0.29) is 12.5 Å². The molecule has 0 saturated carbocycles. The highest BCUT2D eigenvalue weighted by Gasteiger charge is 2.32. The summed E-state index contributed by atoms with van der Waals surface area (Å²) in [7, 11) is 2.90. The molecule has 1 amide bonds. The lowest BCUT2D eigenvalue weighted by atomic mass is 9.98. The number of rotatable bonds is 6. The number of halogens is 1. The summed E-state index contributed by atoms with van der Waals surface area (Å²) in [5.74, 6) is -0.432. The lowest BCUT2D eigenvalue weighted by Gasteiger charge is -2.25. The topological polar surface area (TPSA) is 55.8 Å². The quantitative estimate of drug-likeness (QED) is 0.354.